The molecule has 15 heteroatoms. The zero-order valence-corrected chi connectivity index (χ0v) is 73.3. The van der Waals surface area contributed by atoms with Gasteiger partial charge in [-0.3, -0.25) is 34.2 Å². The van der Waals surface area contributed by atoms with E-state index in [1.165, 1.54) is 195 Å². The van der Waals surface area contributed by atoms with Crippen LogP contribution in [0.4, 0.5) is 0 Å². The van der Waals surface area contributed by atoms with Crippen LogP contribution in [0.15, 0.2) is 34.9 Å². The Morgan fingerprint density at radius 3 is 1.12 bits per heavy atom. The number of hydrogen-bond acceptors (Lipinski definition) is 14. The zero-order chi connectivity index (χ0) is 76.6. The van der Waals surface area contributed by atoms with Crippen molar-refractivity contribution >= 4 is 5.91 Å². The average molecular weight is 1430 g/mol. The van der Waals surface area contributed by atoms with Gasteiger partial charge in [-0.25, -0.2) is 0 Å². The first-order valence-electron chi connectivity index (χ1n) is 41.9. The predicted molar refractivity (Wildman–Crippen MR) is 446 cm³/mol. The van der Waals surface area contributed by atoms with Gasteiger partial charge < -0.3 is 40.0 Å². The Labute approximate surface area is 634 Å². The number of likely N-dealkylation sites (N-methyl/N-ethyl adjacent to an activating group) is 1. The summed E-state index contributed by atoms with van der Waals surface area (Å²) in [6.45, 7) is 84.5. The monoisotopic (exact) mass is 1430 g/mol. The lowest BCUT2D eigenvalue weighted by molar-refractivity contribution is -0.131. The highest BCUT2D eigenvalue weighted by Crippen LogP contribution is 2.33. The molecule has 0 bridgehead atoms. The van der Waals surface area contributed by atoms with Gasteiger partial charge in [0.15, 0.2) is 0 Å². The second kappa shape index (κ2) is 43.0. The number of rotatable bonds is 7. The van der Waals surface area contributed by atoms with Gasteiger partial charge in [0.25, 0.3) is 0 Å². The van der Waals surface area contributed by atoms with Crippen molar-refractivity contribution < 1.29 is 4.79 Å². The molecular weight excluding hydrogens is 1260 g/mol. The normalized spacial score (nSPS) is 23.7. The summed E-state index contributed by atoms with van der Waals surface area (Å²) in [7, 11) is 11.0. The van der Waals surface area contributed by atoms with Crippen LogP contribution in [0.3, 0.4) is 0 Å². The summed E-state index contributed by atoms with van der Waals surface area (Å²) in [5.41, 5.74) is 7.46. The molecule has 10 aliphatic rings. The molecule has 0 unspecified atom stereocenters. The molecule has 10 heterocycles. The number of nitrogens with one attached hydrogen (secondary N) is 2. The first-order valence-corrected chi connectivity index (χ1v) is 41.9. The van der Waals surface area contributed by atoms with Crippen molar-refractivity contribution in [2.24, 2.45) is 21.7 Å². The summed E-state index contributed by atoms with van der Waals surface area (Å²) in [6.07, 6.45) is 24.2. The summed E-state index contributed by atoms with van der Waals surface area (Å²) in [5.74, 6) is 0.224. The number of nitrogens with zero attached hydrogens (tertiary/aromatic N) is 12. The van der Waals surface area contributed by atoms with Crippen LogP contribution in [-0.4, -0.2) is 316 Å². The molecule has 15 nitrogen and oxygen atoms in total. The maximum Gasteiger partial charge on any atom is 0.219 e. The number of carbonyl (C=O) groups is 1. The first kappa shape index (κ1) is 92.6. The Hall–Kier alpha value is -1.83. The third-order valence-corrected chi connectivity index (χ3v) is 24.3. The van der Waals surface area contributed by atoms with Crippen molar-refractivity contribution in [2.75, 3.05) is 199 Å². The number of amides is 1. The molecule has 0 saturated carbocycles. The van der Waals surface area contributed by atoms with Gasteiger partial charge in [-0.1, -0.05) is 118 Å². The van der Waals surface area contributed by atoms with E-state index in [0.717, 1.165) is 82.6 Å². The molecule has 0 spiro atoms. The predicted octanol–water partition coefficient (Wildman–Crippen LogP) is 14.2. The molecule has 2 N–H and O–H groups in total. The molecule has 0 atom stereocenters. The van der Waals surface area contributed by atoms with E-state index in [9.17, 15) is 4.79 Å². The summed E-state index contributed by atoms with van der Waals surface area (Å²) in [6, 6.07) is 4.74. The van der Waals surface area contributed by atoms with Crippen molar-refractivity contribution in [3.63, 3.8) is 0 Å². The quantitative estimate of drug-likeness (QED) is 0.238. The van der Waals surface area contributed by atoms with Crippen molar-refractivity contribution in [3.8, 4) is 0 Å². The highest BCUT2D eigenvalue weighted by Gasteiger charge is 2.35. The summed E-state index contributed by atoms with van der Waals surface area (Å²) < 4.78 is 0. The molecule has 0 aromatic carbocycles. The van der Waals surface area contributed by atoms with E-state index in [1.807, 2.05) is 4.90 Å². The molecule has 0 aliphatic carbocycles. The van der Waals surface area contributed by atoms with Gasteiger partial charge in [-0.15, -0.1) is 0 Å². The first-order chi connectivity index (χ1) is 47.2. The summed E-state index contributed by atoms with van der Waals surface area (Å²) in [4.78, 5) is 41.5. The van der Waals surface area contributed by atoms with E-state index in [4.69, 9.17) is 0 Å². The molecule has 598 valence electrons. The third kappa shape index (κ3) is 34.8. The van der Waals surface area contributed by atoms with E-state index < -0.39 is 0 Å². The van der Waals surface area contributed by atoms with Crippen LogP contribution in [0.2, 0.25) is 0 Å². The Balaban J connectivity index is 0.000000255. The molecule has 7 saturated heterocycles. The number of hydrogen-bond donors (Lipinski definition) is 2. The minimum absolute atomic E-state index is 0.224. The molecule has 10 aliphatic heterocycles. The highest BCUT2D eigenvalue weighted by molar-refractivity contribution is 5.73. The van der Waals surface area contributed by atoms with Gasteiger partial charge in [0.1, 0.15) is 0 Å². The van der Waals surface area contributed by atoms with Crippen LogP contribution < -0.4 is 10.6 Å². The largest absolute Gasteiger partial charge is 0.340 e. The maximum atomic E-state index is 11.3. The van der Waals surface area contributed by atoms with Gasteiger partial charge in [0.05, 0.1) is 0 Å². The molecule has 0 aromatic heterocycles. The fourth-order valence-electron chi connectivity index (χ4n) is 16.8. The minimum Gasteiger partial charge on any atom is -0.340 e. The smallest absolute Gasteiger partial charge is 0.219 e. The van der Waals surface area contributed by atoms with Crippen LogP contribution in [0.5, 0.6) is 0 Å². The second-order valence-corrected chi connectivity index (χ2v) is 40.5. The van der Waals surface area contributed by atoms with Crippen LogP contribution in [-0.2, 0) is 4.79 Å². The van der Waals surface area contributed by atoms with Crippen LogP contribution in [0.1, 0.15) is 250 Å². The lowest BCUT2D eigenvalue weighted by Crippen LogP contribution is -2.56. The van der Waals surface area contributed by atoms with Gasteiger partial charge in [0, 0.05) is 178 Å². The van der Waals surface area contributed by atoms with Crippen LogP contribution in [0, 0.1) is 21.7 Å². The zero-order valence-electron chi connectivity index (χ0n) is 73.3. The van der Waals surface area contributed by atoms with Gasteiger partial charge in [-0.2, -0.15) is 0 Å². The molecule has 10 rings (SSSR count). The molecule has 1 amide bonds. The van der Waals surface area contributed by atoms with E-state index in [1.54, 1.807) is 23.6 Å². The Kier molecular flexibility index (Phi) is 39.0. The van der Waals surface area contributed by atoms with Crippen LogP contribution in [0.25, 0.3) is 0 Å². The minimum atomic E-state index is 0.224. The SMILES string of the molecule is CC(=O)N1CCN(C2CCN(C(C)(C)C)CC2)CC1.CC(C)(C)C1=CCNCC1.CC(C)(C)N1CCN(C2CCNCC2)CC1.CC(C)N1CC=C(C(C)(C)C)CC1.CN(C)C1CCN(C2CCN(C(C)(C)C)CC2)CC1.CN(C)C1CCN(CC(C)(C)C)CC1.CN1CC=C(C(C)(C)C)CC1. The molecule has 0 aromatic rings. The fraction of sp³-hybridized carbons (Fsp3) is 0.920. The Bertz CT molecular complexity index is 2370. The average Bonchev–Trinajstić information content (AvgIpc) is 0.841. The standard InChI is InChI=1S/C16H33N3.C15H29N3O.C13H27N3.C12H26N2.C12H23N.C10H19N.C9H17N/c1-16(2,3)19-12-8-15(9-13-19)18-10-6-14(7-11-18)17(4)5;1-13(19)16-9-11-17(12-10-16)14-5-7-18(8-6-14)15(2,3)4;1-13(2,3)16-10-8-15(9-11-16)12-4-6-14-7-5-12;1-12(2,3)10-14-8-6-11(7-9-14)13(4)5;1-10(2)13-8-6-11(7-9-13)12(3,4)5;1-10(2,3)9-5-7-11(4)8-6-9;1-9(2,3)8-4-6-10-7-5-8/h14-15H,6-13H2,1-5H3;14H,5-12H2,1-4H3;12,14H,4-11H2,1-3H3;11H,6-10H2,1-5H3;6,10H,7-9H2,1-5H3;5H,6-8H2,1-4H3;4,10H,5-7H2,1-3H3. The van der Waals surface area contributed by atoms with Crippen LogP contribution >= 0.6 is 0 Å². The Morgan fingerprint density at radius 2 is 0.794 bits per heavy atom. The number of carbonyl (C=O) groups excluding carboxylic acids is 1. The van der Waals surface area contributed by atoms with E-state index in [0.29, 0.717) is 44.3 Å². The Morgan fingerprint density at radius 1 is 0.422 bits per heavy atom. The van der Waals surface area contributed by atoms with Crippen molar-refractivity contribution in [1.29, 1.82) is 0 Å². The van der Waals surface area contributed by atoms with Crippen molar-refractivity contribution in [1.82, 2.24) is 69.4 Å². The topological polar surface area (TPSA) is 80.0 Å². The van der Waals surface area contributed by atoms with Gasteiger partial charge in [0.2, 0.25) is 5.91 Å². The van der Waals surface area contributed by atoms with Crippen molar-refractivity contribution in [3.05, 3.63) is 34.9 Å². The number of piperazine rings is 2. The third-order valence-electron chi connectivity index (χ3n) is 24.3. The fourth-order valence-corrected chi connectivity index (χ4v) is 16.8. The van der Waals surface area contributed by atoms with Gasteiger partial charge >= 0.3 is 0 Å². The summed E-state index contributed by atoms with van der Waals surface area (Å²) >= 11 is 0. The molecule has 7 fully saturated rings. The van der Waals surface area contributed by atoms with E-state index in [2.05, 4.69) is 277 Å². The maximum absolute atomic E-state index is 11.3. The van der Waals surface area contributed by atoms with E-state index >= 15 is 0 Å². The summed E-state index contributed by atoms with van der Waals surface area (Å²) in [5, 5.41) is 6.76. The second-order valence-electron chi connectivity index (χ2n) is 40.5. The highest BCUT2D eigenvalue weighted by atomic mass is 16.2. The molecule has 0 radical (unpaired) electrons. The lowest BCUT2D eigenvalue weighted by Gasteiger charge is -2.46. The van der Waals surface area contributed by atoms with E-state index in [-0.39, 0.29) is 5.91 Å². The van der Waals surface area contributed by atoms with Crippen molar-refractivity contribution in [2.45, 2.75) is 303 Å². The number of piperidine rings is 5. The van der Waals surface area contributed by atoms with Gasteiger partial charge in [-0.05, 0) is 262 Å². The lowest BCUT2D eigenvalue weighted by atomic mass is 9.83. The molecular formula is C87H174N14O. The molecule has 102 heavy (non-hydrogen) atoms. The number of likely N-dealkylation sites (tertiary alicyclic amines) is 4.